The maximum atomic E-state index is 13.1. The van der Waals surface area contributed by atoms with E-state index in [1.54, 1.807) is 0 Å². The molecule has 0 saturated carbocycles. The van der Waals surface area contributed by atoms with Gasteiger partial charge in [0.15, 0.2) is 12.2 Å². The van der Waals surface area contributed by atoms with Crippen molar-refractivity contribution < 1.29 is 80.2 Å². The number of esters is 4. The monoisotopic (exact) mass is 1420 g/mol. The van der Waals surface area contributed by atoms with Gasteiger partial charge in [0, 0.05) is 25.7 Å². The Bertz CT molecular complexity index is 2190. The largest absolute Gasteiger partial charge is 0.472 e. The van der Waals surface area contributed by atoms with E-state index >= 15 is 0 Å². The first-order chi connectivity index (χ1) is 47.7. The maximum Gasteiger partial charge on any atom is 0.472 e. The first kappa shape index (κ1) is 94.2. The molecule has 0 radical (unpaired) electrons. The van der Waals surface area contributed by atoms with Gasteiger partial charge in [-0.1, -0.05) is 280 Å². The summed E-state index contributed by atoms with van der Waals surface area (Å²) in [5.74, 6) is -2.25. The van der Waals surface area contributed by atoms with E-state index in [1.807, 2.05) is 12.2 Å². The molecule has 568 valence electrons. The fourth-order valence-electron chi connectivity index (χ4n) is 10.4. The van der Waals surface area contributed by atoms with E-state index < -0.39 is 97.5 Å². The average molecular weight is 1420 g/mol. The number of hydrogen-bond donors (Lipinski definition) is 3. The third-order valence-corrected chi connectivity index (χ3v) is 18.3. The second kappa shape index (κ2) is 71.6. The number of hydrogen-bond acceptors (Lipinski definition) is 15. The standard InChI is InChI=1S/C79H140O17P2/c1-5-9-13-17-21-25-29-33-35-36-38-42-46-50-54-58-62-66-79(84)96-75(70-90-77(82)64-60-56-52-48-44-41-37-34-30-26-22-18-14-10-6-2)72-94-98(87,88)92-68-73(80)67-91-97(85,86)93-71-74(95-78(83)65-61-57-53-49-45-40-32-28-24-20-16-12-8-4)69-89-76(81)63-59-55-51-47-43-39-31-27-23-19-15-11-7-3/h21,25-27,30-31,33-35,37-38,42,50,54,73-75,80H,5-20,22-24,28-29,32,36,39-41,43-49,51-53,55-72H2,1-4H3,(H,85,86)(H,87,88)/b25-21-,30-26-,31-27-,35-33-,37-34-,42-38-,54-50-/t73-,74-,75-/m1/s1. The maximum absolute atomic E-state index is 13.1. The molecular formula is C79H140O17P2. The Labute approximate surface area is 595 Å². The van der Waals surface area contributed by atoms with Crippen LogP contribution in [0.4, 0.5) is 0 Å². The van der Waals surface area contributed by atoms with Crippen LogP contribution in [-0.4, -0.2) is 96.7 Å². The van der Waals surface area contributed by atoms with Crippen LogP contribution in [0.15, 0.2) is 85.1 Å². The van der Waals surface area contributed by atoms with Gasteiger partial charge in [-0.05, 0) is 116 Å². The smallest absolute Gasteiger partial charge is 0.462 e. The SMILES string of the molecule is CCCCC/C=C\C/C=C\C/C=C\C/C=C\CCCC(=O)O[C@H](COC(=O)CCCCCCC/C=C\C=C/CCCCCC)COP(=O)(O)OC[C@H](O)COP(=O)(O)OC[C@@H](COC(=O)CCCCCCC/C=C\CCCCCC)OC(=O)CCCCCCCCCCCCCCC. The second-order valence-electron chi connectivity index (χ2n) is 26.0. The summed E-state index contributed by atoms with van der Waals surface area (Å²) >= 11 is 0. The number of carbonyl (C=O) groups excluding carboxylic acids is 4. The van der Waals surface area contributed by atoms with Gasteiger partial charge in [-0.3, -0.25) is 37.3 Å². The number of aliphatic hydroxyl groups excluding tert-OH is 1. The Morgan fingerprint density at radius 2 is 0.541 bits per heavy atom. The molecule has 0 aromatic carbocycles. The summed E-state index contributed by atoms with van der Waals surface area (Å²) in [7, 11) is -9.96. The van der Waals surface area contributed by atoms with E-state index in [0.29, 0.717) is 32.1 Å². The zero-order valence-electron chi connectivity index (χ0n) is 62.0. The van der Waals surface area contributed by atoms with Crippen LogP contribution >= 0.6 is 15.6 Å². The molecule has 0 aromatic rings. The van der Waals surface area contributed by atoms with Crippen molar-refractivity contribution in [3.05, 3.63) is 85.1 Å². The highest BCUT2D eigenvalue weighted by atomic mass is 31.2. The molecule has 0 aliphatic carbocycles. The Kier molecular flexibility index (Phi) is 68.9. The number of allylic oxidation sites excluding steroid dienone is 14. The third-order valence-electron chi connectivity index (χ3n) is 16.4. The van der Waals surface area contributed by atoms with Crippen molar-refractivity contribution in [3.63, 3.8) is 0 Å². The number of aliphatic hydroxyl groups is 1. The predicted octanol–water partition coefficient (Wildman–Crippen LogP) is 22.2. The molecule has 0 heterocycles. The molecule has 0 aliphatic heterocycles. The fourth-order valence-corrected chi connectivity index (χ4v) is 12.0. The van der Waals surface area contributed by atoms with Crippen LogP contribution in [-0.2, 0) is 65.4 Å². The lowest BCUT2D eigenvalue weighted by Gasteiger charge is -2.21. The molecule has 98 heavy (non-hydrogen) atoms. The fraction of sp³-hybridized carbons (Fsp3) is 0.772. The van der Waals surface area contributed by atoms with Crippen molar-refractivity contribution in [2.24, 2.45) is 0 Å². The normalized spacial score (nSPS) is 14.4. The third kappa shape index (κ3) is 70.7. The number of unbranched alkanes of at least 4 members (excludes halogenated alkanes) is 34. The van der Waals surface area contributed by atoms with Crippen molar-refractivity contribution in [1.29, 1.82) is 0 Å². The molecule has 0 rings (SSSR count). The van der Waals surface area contributed by atoms with Gasteiger partial charge in [0.1, 0.15) is 19.3 Å². The highest BCUT2D eigenvalue weighted by Gasteiger charge is 2.30. The molecule has 0 bridgehead atoms. The van der Waals surface area contributed by atoms with E-state index in [-0.39, 0.29) is 25.7 Å². The minimum atomic E-state index is -4.99. The van der Waals surface area contributed by atoms with Crippen LogP contribution < -0.4 is 0 Å². The van der Waals surface area contributed by atoms with Crippen molar-refractivity contribution >= 4 is 39.5 Å². The van der Waals surface area contributed by atoms with Crippen molar-refractivity contribution in [1.82, 2.24) is 0 Å². The summed E-state index contributed by atoms with van der Waals surface area (Å²) in [5.41, 5.74) is 0. The molecule has 0 aliphatic rings. The zero-order chi connectivity index (χ0) is 71.8. The summed E-state index contributed by atoms with van der Waals surface area (Å²) in [4.78, 5) is 72.8. The van der Waals surface area contributed by atoms with Gasteiger partial charge in [0.05, 0.1) is 26.4 Å². The summed E-state index contributed by atoms with van der Waals surface area (Å²) in [6.07, 6.45) is 72.9. The molecule has 5 atom stereocenters. The average Bonchev–Trinajstić information content (AvgIpc) is 1.02. The van der Waals surface area contributed by atoms with E-state index in [9.17, 15) is 43.2 Å². The quantitative estimate of drug-likeness (QED) is 0.0128. The van der Waals surface area contributed by atoms with Gasteiger partial charge < -0.3 is 33.8 Å². The second-order valence-corrected chi connectivity index (χ2v) is 28.9. The number of ether oxygens (including phenoxy) is 4. The Hall–Kier alpha value is -3.76. The first-order valence-electron chi connectivity index (χ1n) is 38.8. The van der Waals surface area contributed by atoms with Gasteiger partial charge in [0.2, 0.25) is 0 Å². The van der Waals surface area contributed by atoms with Gasteiger partial charge in [0.25, 0.3) is 0 Å². The molecule has 0 aromatic heterocycles. The highest BCUT2D eigenvalue weighted by molar-refractivity contribution is 7.47. The Balaban J connectivity index is 5.40. The van der Waals surface area contributed by atoms with Gasteiger partial charge in [-0.2, -0.15) is 0 Å². The Morgan fingerprint density at radius 1 is 0.296 bits per heavy atom. The summed E-state index contributed by atoms with van der Waals surface area (Å²) < 4.78 is 68.4. The molecule has 0 saturated heterocycles. The molecule has 0 fully saturated rings. The summed E-state index contributed by atoms with van der Waals surface area (Å²) in [6.45, 7) is 4.75. The topological polar surface area (TPSA) is 237 Å². The highest BCUT2D eigenvalue weighted by Crippen LogP contribution is 2.45. The molecule has 0 spiro atoms. The molecule has 3 N–H and O–H groups in total. The number of phosphoric ester groups is 2. The molecule has 2 unspecified atom stereocenters. The zero-order valence-corrected chi connectivity index (χ0v) is 63.7. The predicted molar refractivity (Wildman–Crippen MR) is 399 cm³/mol. The molecule has 17 nitrogen and oxygen atoms in total. The van der Waals surface area contributed by atoms with Gasteiger partial charge in [-0.15, -0.1) is 0 Å². The minimum absolute atomic E-state index is 0.0169. The Morgan fingerprint density at radius 3 is 0.908 bits per heavy atom. The summed E-state index contributed by atoms with van der Waals surface area (Å²) in [5, 5.41) is 10.6. The van der Waals surface area contributed by atoms with Crippen molar-refractivity contribution in [2.75, 3.05) is 39.6 Å². The van der Waals surface area contributed by atoms with Crippen LogP contribution in [0.3, 0.4) is 0 Å². The van der Waals surface area contributed by atoms with Gasteiger partial charge in [-0.25, -0.2) is 9.13 Å². The van der Waals surface area contributed by atoms with E-state index in [4.69, 9.17) is 37.0 Å². The lowest BCUT2D eigenvalue weighted by atomic mass is 10.0. The number of carbonyl (C=O) groups is 4. The van der Waals surface area contributed by atoms with Gasteiger partial charge >= 0.3 is 39.5 Å². The lowest BCUT2D eigenvalue weighted by molar-refractivity contribution is -0.161. The van der Waals surface area contributed by atoms with E-state index in [0.717, 1.165) is 128 Å². The summed E-state index contributed by atoms with van der Waals surface area (Å²) in [6, 6.07) is 0. The first-order valence-corrected chi connectivity index (χ1v) is 41.8. The van der Waals surface area contributed by atoms with Crippen LogP contribution in [0.1, 0.15) is 336 Å². The molecule has 19 heteroatoms. The van der Waals surface area contributed by atoms with Crippen molar-refractivity contribution in [3.8, 4) is 0 Å². The van der Waals surface area contributed by atoms with Crippen LogP contribution in [0.5, 0.6) is 0 Å². The van der Waals surface area contributed by atoms with E-state index in [2.05, 4.69) is 101 Å². The lowest BCUT2D eigenvalue weighted by Crippen LogP contribution is -2.30. The van der Waals surface area contributed by atoms with Crippen molar-refractivity contribution in [2.45, 2.75) is 354 Å². The van der Waals surface area contributed by atoms with Crippen LogP contribution in [0, 0.1) is 0 Å². The molecule has 0 amide bonds. The minimum Gasteiger partial charge on any atom is -0.462 e. The van der Waals surface area contributed by atoms with E-state index in [1.165, 1.54) is 122 Å². The number of phosphoric acid groups is 2. The number of rotatable bonds is 73. The van der Waals surface area contributed by atoms with Crippen LogP contribution in [0.25, 0.3) is 0 Å². The van der Waals surface area contributed by atoms with Crippen LogP contribution in [0.2, 0.25) is 0 Å². The molecular weight excluding hydrogens is 1280 g/mol.